The van der Waals surface area contributed by atoms with Crippen molar-refractivity contribution in [2.75, 3.05) is 5.32 Å². The summed E-state index contributed by atoms with van der Waals surface area (Å²) in [5.41, 5.74) is -2.24. The Morgan fingerprint density at radius 3 is 2.57 bits per heavy atom. The summed E-state index contributed by atoms with van der Waals surface area (Å²) >= 11 is 5.69. The molecule has 0 aliphatic rings. The van der Waals surface area contributed by atoms with E-state index in [4.69, 9.17) is 11.6 Å². The van der Waals surface area contributed by atoms with Crippen molar-refractivity contribution in [3.8, 4) is 0 Å². The maximum atomic E-state index is 12.2. The number of aryl methyl sites for hydroxylation is 1. The predicted octanol–water partition coefficient (Wildman–Crippen LogP) is 0.898. The van der Waals surface area contributed by atoms with Gasteiger partial charge in [0.15, 0.2) is 0 Å². The van der Waals surface area contributed by atoms with Gasteiger partial charge in [0.1, 0.15) is 11.3 Å². The zero-order valence-corrected chi connectivity index (χ0v) is 12.8. The van der Waals surface area contributed by atoms with Gasteiger partial charge in [0.2, 0.25) is 0 Å². The van der Waals surface area contributed by atoms with Crippen LogP contribution in [0.25, 0.3) is 0 Å². The molecule has 0 atom stereocenters. The Balaban J connectivity index is 2.47. The number of aromatic nitrogens is 2. The highest BCUT2D eigenvalue weighted by Gasteiger charge is 2.20. The average molecular weight is 339 g/mol. The third kappa shape index (κ3) is 3.14. The van der Waals surface area contributed by atoms with Crippen LogP contribution in [0, 0.1) is 10.1 Å². The van der Waals surface area contributed by atoms with Crippen LogP contribution in [0.2, 0.25) is 5.02 Å². The van der Waals surface area contributed by atoms with Gasteiger partial charge in [-0.05, 0) is 12.1 Å². The van der Waals surface area contributed by atoms with Gasteiger partial charge in [-0.25, -0.2) is 4.79 Å². The number of hydrogen-bond acceptors (Lipinski definition) is 5. The van der Waals surface area contributed by atoms with E-state index < -0.39 is 27.8 Å². The van der Waals surface area contributed by atoms with E-state index in [1.165, 1.54) is 26.2 Å². The van der Waals surface area contributed by atoms with E-state index in [9.17, 15) is 24.5 Å². The van der Waals surface area contributed by atoms with Crippen molar-refractivity contribution in [2.24, 2.45) is 14.1 Å². The number of carbonyl (C=O) groups excluding carboxylic acids is 1. The van der Waals surface area contributed by atoms with E-state index in [0.29, 0.717) is 0 Å². The lowest BCUT2D eigenvalue weighted by Crippen LogP contribution is -2.40. The molecule has 0 saturated heterocycles. The summed E-state index contributed by atoms with van der Waals surface area (Å²) in [5, 5.41) is 13.4. The highest BCUT2D eigenvalue weighted by molar-refractivity contribution is 6.31. The molecule has 1 aromatic heterocycles. The Hall–Kier alpha value is -2.94. The van der Waals surface area contributed by atoms with Crippen LogP contribution in [0.1, 0.15) is 10.4 Å². The highest BCUT2D eigenvalue weighted by atomic mass is 35.5. The Morgan fingerprint density at radius 2 is 1.96 bits per heavy atom. The minimum atomic E-state index is -0.869. The number of halogens is 1. The van der Waals surface area contributed by atoms with Crippen molar-refractivity contribution in [3.63, 3.8) is 0 Å². The lowest BCUT2D eigenvalue weighted by Gasteiger charge is -2.08. The number of amides is 1. The third-order valence-corrected chi connectivity index (χ3v) is 3.33. The molecule has 0 bridgehead atoms. The monoisotopic (exact) mass is 338 g/mol. The Bertz CT molecular complexity index is 931. The van der Waals surface area contributed by atoms with E-state index in [1.54, 1.807) is 0 Å². The Labute approximate surface area is 133 Å². The normalized spacial score (nSPS) is 10.4. The number of anilines is 1. The Morgan fingerprint density at radius 1 is 1.30 bits per heavy atom. The average Bonchev–Trinajstić information content (AvgIpc) is 2.50. The molecule has 0 aliphatic carbocycles. The molecular weight excluding hydrogens is 328 g/mol. The zero-order valence-electron chi connectivity index (χ0n) is 12.1. The molecule has 0 saturated carbocycles. The van der Waals surface area contributed by atoms with E-state index in [1.807, 2.05) is 0 Å². The quantitative estimate of drug-likeness (QED) is 0.659. The fraction of sp³-hybridized carbons (Fsp3) is 0.154. The second-order valence-electron chi connectivity index (χ2n) is 4.67. The molecule has 1 aromatic carbocycles. The molecule has 9 nitrogen and oxygen atoms in total. The molecular formula is C13H11ClN4O5. The summed E-state index contributed by atoms with van der Waals surface area (Å²) in [4.78, 5) is 46.1. The van der Waals surface area contributed by atoms with Gasteiger partial charge in [0.25, 0.3) is 17.2 Å². The molecule has 1 amide bonds. The molecule has 1 heterocycles. The molecule has 0 spiro atoms. The van der Waals surface area contributed by atoms with Crippen LogP contribution in [0.15, 0.2) is 34.0 Å². The van der Waals surface area contributed by atoms with Gasteiger partial charge in [-0.3, -0.25) is 24.3 Å². The van der Waals surface area contributed by atoms with Crippen molar-refractivity contribution in [1.82, 2.24) is 9.13 Å². The maximum absolute atomic E-state index is 12.2. The maximum Gasteiger partial charge on any atom is 0.330 e. The van der Waals surface area contributed by atoms with Crippen LogP contribution < -0.4 is 16.6 Å². The van der Waals surface area contributed by atoms with Gasteiger partial charge in [-0.1, -0.05) is 11.6 Å². The molecule has 1 N–H and O–H groups in total. The van der Waals surface area contributed by atoms with Crippen LogP contribution in [-0.4, -0.2) is 20.0 Å². The number of nitrogens with one attached hydrogen (secondary N) is 1. The highest BCUT2D eigenvalue weighted by Crippen LogP contribution is 2.27. The third-order valence-electron chi connectivity index (χ3n) is 3.10. The first-order chi connectivity index (χ1) is 10.7. The molecule has 23 heavy (non-hydrogen) atoms. The number of hydrogen-bond donors (Lipinski definition) is 1. The fourth-order valence-electron chi connectivity index (χ4n) is 1.92. The van der Waals surface area contributed by atoms with Crippen LogP contribution in [-0.2, 0) is 14.1 Å². The molecule has 2 rings (SSSR count). The van der Waals surface area contributed by atoms with Gasteiger partial charge >= 0.3 is 5.69 Å². The van der Waals surface area contributed by atoms with Crippen molar-refractivity contribution >= 4 is 28.9 Å². The molecule has 0 fully saturated rings. The van der Waals surface area contributed by atoms with Crippen molar-refractivity contribution < 1.29 is 9.72 Å². The lowest BCUT2D eigenvalue weighted by molar-refractivity contribution is -0.383. The summed E-state index contributed by atoms with van der Waals surface area (Å²) in [6, 6.07) is 3.70. The summed E-state index contributed by atoms with van der Waals surface area (Å²) in [6.45, 7) is 0. The smallest absolute Gasteiger partial charge is 0.316 e. The fourth-order valence-corrected chi connectivity index (χ4v) is 2.08. The minimum Gasteiger partial charge on any atom is -0.316 e. The van der Waals surface area contributed by atoms with Crippen LogP contribution in [0.3, 0.4) is 0 Å². The number of nitrogens with zero attached hydrogens (tertiary/aromatic N) is 3. The van der Waals surface area contributed by atoms with Crippen molar-refractivity contribution in [1.29, 1.82) is 0 Å². The first kappa shape index (κ1) is 16.4. The van der Waals surface area contributed by atoms with Gasteiger partial charge < -0.3 is 9.88 Å². The Kier molecular flexibility index (Phi) is 4.32. The number of carbonyl (C=O) groups is 1. The second-order valence-corrected chi connectivity index (χ2v) is 5.11. The zero-order chi connectivity index (χ0) is 17.3. The molecule has 0 unspecified atom stereocenters. The van der Waals surface area contributed by atoms with Crippen LogP contribution in [0.5, 0.6) is 0 Å². The first-order valence-corrected chi connectivity index (χ1v) is 6.62. The first-order valence-electron chi connectivity index (χ1n) is 6.24. The van der Waals surface area contributed by atoms with E-state index in [-0.39, 0.29) is 16.3 Å². The second kappa shape index (κ2) is 6.05. The predicted molar refractivity (Wildman–Crippen MR) is 83.0 cm³/mol. The topological polar surface area (TPSA) is 116 Å². The van der Waals surface area contributed by atoms with Crippen molar-refractivity contribution in [3.05, 3.63) is 65.9 Å². The molecule has 10 heteroatoms. The lowest BCUT2D eigenvalue weighted by atomic mass is 10.2. The van der Waals surface area contributed by atoms with E-state index >= 15 is 0 Å². The summed E-state index contributed by atoms with van der Waals surface area (Å²) in [5.74, 6) is -0.869. The van der Waals surface area contributed by atoms with Crippen LogP contribution in [0.4, 0.5) is 11.4 Å². The molecule has 120 valence electrons. The molecule has 2 aromatic rings. The molecule has 0 aliphatic heterocycles. The number of nitro benzene ring substituents is 1. The standard InChI is InChI=1S/C13H11ClN4O5/c1-16-6-8(12(20)17(2)13(16)21)11(19)15-9-4-3-7(14)5-10(9)18(22)23/h3-6H,1-2H3,(H,15,19). The van der Waals surface area contributed by atoms with E-state index in [2.05, 4.69) is 5.32 Å². The SMILES string of the molecule is Cn1cc(C(=O)Nc2ccc(Cl)cc2[N+](=O)[O-])c(=O)n(C)c1=O. The van der Waals surface area contributed by atoms with Gasteiger partial charge in [0.05, 0.1) is 4.92 Å². The van der Waals surface area contributed by atoms with Gasteiger partial charge in [-0.15, -0.1) is 0 Å². The van der Waals surface area contributed by atoms with Gasteiger partial charge in [0, 0.05) is 31.4 Å². The number of rotatable bonds is 3. The van der Waals surface area contributed by atoms with Crippen molar-refractivity contribution in [2.45, 2.75) is 0 Å². The van der Waals surface area contributed by atoms with Gasteiger partial charge in [-0.2, -0.15) is 0 Å². The largest absolute Gasteiger partial charge is 0.330 e. The summed E-state index contributed by atoms with van der Waals surface area (Å²) < 4.78 is 1.83. The number of benzene rings is 1. The van der Waals surface area contributed by atoms with Crippen LogP contribution >= 0.6 is 11.6 Å². The molecule has 0 radical (unpaired) electrons. The summed E-state index contributed by atoms with van der Waals surface area (Å²) in [6.07, 6.45) is 1.07. The summed E-state index contributed by atoms with van der Waals surface area (Å²) in [7, 11) is 2.61. The van der Waals surface area contributed by atoms with E-state index in [0.717, 1.165) is 21.4 Å². The minimum absolute atomic E-state index is 0.111. The number of nitro groups is 1.